The van der Waals surface area contributed by atoms with Gasteiger partial charge in [-0.3, -0.25) is 4.79 Å². The molecule has 0 N–H and O–H groups in total. The number of benzene rings is 2. The van der Waals surface area contributed by atoms with Crippen LogP contribution in [0.5, 0.6) is 5.75 Å². The van der Waals surface area contributed by atoms with E-state index in [0.29, 0.717) is 31.7 Å². The van der Waals surface area contributed by atoms with Crippen molar-refractivity contribution in [2.45, 2.75) is 38.8 Å². The van der Waals surface area contributed by atoms with Crippen LogP contribution in [0, 0.1) is 0 Å². The third-order valence-electron chi connectivity index (χ3n) is 4.67. The fraction of sp³-hybridized carbons (Fsp3) is 0.364. The summed E-state index contributed by atoms with van der Waals surface area (Å²) in [5.41, 5.74) is 1.56. The van der Waals surface area contributed by atoms with Gasteiger partial charge in [-0.25, -0.2) is 4.79 Å². The number of nitrogens with zero attached hydrogens (tertiary/aromatic N) is 1. The van der Waals surface area contributed by atoms with Crippen LogP contribution in [0.4, 0.5) is 0 Å². The molecule has 2 aromatic carbocycles. The highest BCUT2D eigenvalue weighted by Crippen LogP contribution is 2.21. The molecule has 1 amide bonds. The number of hydrogen-bond donors (Lipinski definition) is 0. The van der Waals surface area contributed by atoms with Crippen LogP contribution in [0.2, 0.25) is 0 Å². The third-order valence-corrected chi connectivity index (χ3v) is 4.67. The van der Waals surface area contributed by atoms with E-state index in [0.717, 1.165) is 24.2 Å². The summed E-state index contributed by atoms with van der Waals surface area (Å²) in [6, 6.07) is 16.5. The van der Waals surface area contributed by atoms with Crippen molar-refractivity contribution in [3.63, 3.8) is 0 Å². The lowest BCUT2D eigenvalue weighted by molar-refractivity contribution is -0.149. The number of amides is 1. The maximum Gasteiger partial charge on any atom is 0.328 e. The van der Waals surface area contributed by atoms with Crippen molar-refractivity contribution in [2.24, 2.45) is 0 Å². The van der Waals surface area contributed by atoms with Gasteiger partial charge in [0.25, 0.3) is 5.91 Å². The smallest absolute Gasteiger partial charge is 0.328 e. The molecule has 0 radical (unpaired) electrons. The van der Waals surface area contributed by atoms with E-state index in [2.05, 4.69) is 0 Å². The summed E-state index contributed by atoms with van der Waals surface area (Å²) in [6.45, 7) is 3.13. The Hall–Kier alpha value is -2.82. The molecule has 5 heteroatoms. The maximum absolute atomic E-state index is 12.9. The second kappa shape index (κ2) is 9.21. The van der Waals surface area contributed by atoms with Crippen LogP contribution in [0.15, 0.2) is 54.6 Å². The topological polar surface area (TPSA) is 55.8 Å². The summed E-state index contributed by atoms with van der Waals surface area (Å²) >= 11 is 0. The van der Waals surface area contributed by atoms with E-state index in [1.165, 1.54) is 0 Å². The first kappa shape index (κ1) is 19.0. The van der Waals surface area contributed by atoms with Crippen LogP contribution in [-0.4, -0.2) is 36.0 Å². The second-order valence-electron chi connectivity index (χ2n) is 6.56. The van der Waals surface area contributed by atoms with E-state index in [-0.39, 0.29) is 11.9 Å². The van der Waals surface area contributed by atoms with Gasteiger partial charge in [0, 0.05) is 12.1 Å². The Morgan fingerprint density at radius 2 is 1.78 bits per heavy atom. The molecule has 2 aromatic rings. The number of carbonyl (C=O) groups excluding carboxylic acids is 2. The molecule has 0 aromatic heterocycles. The first-order valence-electron chi connectivity index (χ1n) is 9.43. The van der Waals surface area contributed by atoms with Gasteiger partial charge in [0.15, 0.2) is 0 Å². The average molecular weight is 367 g/mol. The lowest BCUT2D eigenvalue weighted by Gasteiger charge is -2.34. The van der Waals surface area contributed by atoms with Crippen molar-refractivity contribution in [2.75, 3.05) is 13.2 Å². The van der Waals surface area contributed by atoms with Gasteiger partial charge < -0.3 is 14.4 Å². The van der Waals surface area contributed by atoms with E-state index in [9.17, 15) is 9.59 Å². The zero-order valence-electron chi connectivity index (χ0n) is 15.6. The summed E-state index contributed by atoms with van der Waals surface area (Å²) in [4.78, 5) is 26.7. The normalized spacial score (nSPS) is 16.6. The number of esters is 1. The Labute approximate surface area is 159 Å². The van der Waals surface area contributed by atoms with E-state index in [4.69, 9.17) is 9.47 Å². The Kier molecular flexibility index (Phi) is 6.47. The van der Waals surface area contributed by atoms with Crippen LogP contribution >= 0.6 is 0 Å². The quantitative estimate of drug-likeness (QED) is 0.728. The predicted octanol–water partition coefficient (Wildman–Crippen LogP) is 3.82. The highest BCUT2D eigenvalue weighted by Gasteiger charge is 2.33. The summed E-state index contributed by atoms with van der Waals surface area (Å²) in [5.74, 6) is 0.380. The Bertz CT molecular complexity index is 758. The first-order chi connectivity index (χ1) is 13.2. The number of rotatable bonds is 6. The Morgan fingerprint density at radius 3 is 2.48 bits per heavy atom. The summed E-state index contributed by atoms with van der Waals surface area (Å²) in [7, 11) is 0. The van der Waals surface area contributed by atoms with E-state index in [1.807, 2.05) is 42.5 Å². The van der Waals surface area contributed by atoms with Crippen LogP contribution < -0.4 is 4.74 Å². The fourth-order valence-corrected chi connectivity index (χ4v) is 3.25. The molecule has 1 fully saturated rings. The van der Waals surface area contributed by atoms with E-state index >= 15 is 0 Å². The first-order valence-corrected chi connectivity index (χ1v) is 9.43. The number of piperidine rings is 1. The molecule has 27 heavy (non-hydrogen) atoms. The van der Waals surface area contributed by atoms with Gasteiger partial charge in [0.1, 0.15) is 18.4 Å². The summed E-state index contributed by atoms with van der Waals surface area (Å²) in [6.07, 6.45) is 2.50. The molecule has 1 unspecified atom stereocenters. The van der Waals surface area contributed by atoms with Crippen molar-refractivity contribution in [1.29, 1.82) is 0 Å². The van der Waals surface area contributed by atoms with E-state index in [1.54, 1.807) is 24.0 Å². The number of hydrogen-bond acceptors (Lipinski definition) is 4. The molecule has 1 atom stereocenters. The molecule has 1 aliphatic heterocycles. The van der Waals surface area contributed by atoms with Crippen LogP contribution in [0.1, 0.15) is 42.1 Å². The maximum atomic E-state index is 12.9. The molecule has 1 aliphatic rings. The summed E-state index contributed by atoms with van der Waals surface area (Å²) in [5, 5.41) is 0. The van der Waals surface area contributed by atoms with Crippen molar-refractivity contribution in [3.8, 4) is 5.75 Å². The molecular formula is C22H25NO4. The van der Waals surface area contributed by atoms with Gasteiger partial charge in [0.2, 0.25) is 0 Å². The molecule has 0 bridgehead atoms. The van der Waals surface area contributed by atoms with Crippen molar-refractivity contribution in [1.82, 2.24) is 4.90 Å². The second-order valence-corrected chi connectivity index (χ2v) is 6.56. The Morgan fingerprint density at radius 1 is 1.04 bits per heavy atom. The zero-order valence-corrected chi connectivity index (χ0v) is 15.6. The molecule has 5 nitrogen and oxygen atoms in total. The zero-order chi connectivity index (χ0) is 19.1. The van der Waals surface area contributed by atoms with Gasteiger partial charge >= 0.3 is 5.97 Å². The van der Waals surface area contributed by atoms with Crippen LogP contribution in [0.3, 0.4) is 0 Å². The third kappa shape index (κ3) is 4.88. The molecule has 142 valence electrons. The molecule has 0 aliphatic carbocycles. The Balaban J connectivity index is 1.64. The number of likely N-dealkylation sites (tertiary alicyclic amines) is 1. The van der Waals surface area contributed by atoms with Gasteiger partial charge in [-0.1, -0.05) is 30.3 Å². The minimum Gasteiger partial charge on any atom is -0.489 e. The van der Waals surface area contributed by atoms with Gasteiger partial charge in [-0.05, 0) is 56.0 Å². The summed E-state index contributed by atoms with van der Waals surface area (Å²) < 4.78 is 10.9. The number of carbonyl (C=O) groups is 2. The molecule has 3 rings (SSSR count). The monoisotopic (exact) mass is 367 g/mol. The van der Waals surface area contributed by atoms with Crippen LogP contribution in [0.25, 0.3) is 0 Å². The molecule has 0 saturated carbocycles. The van der Waals surface area contributed by atoms with Crippen LogP contribution in [-0.2, 0) is 16.1 Å². The van der Waals surface area contributed by atoms with Gasteiger partial charge in [-0.15, -0.1) is 0 Å². The largest absolute Gasteiger partial charge is 0.489 e. The van der Waals surface area contributed by atoms with Crippen molar-refractivity contribution >= 4 is 11.9 Å². The predicted molar refractivity (Wildman–Crippen MR) is 103 cm³/mol. The van der Waals surface area contributed by atoms with Crippen molar-refractivity contribution in [3.05, 3.63) is 65.7 Å². The minimum absolute atomic E-state index is 0.122. The minimum atomic E-state index is -0.479. The van der Waals surface area contributed by atoms with Gasteiger partial charge in [0.05, 0.1) is 6.61 Å². The van der Waals surface area contributed by atoms with Crippen molar-refractivity contribution < 1.29 is 19.1 Å². The molecule has 1 heterocycles. The van der Waals surface area contributed by atoms with E-state index < -0.39 is 6.04 Å². The lowest BCUT2D eigenvalue weighted by Crippen LogP contribution is -2.48. The SMILES string of the molecule is CCOC(=O)C1CCCCN1C(=O)c1ccc(COc2ccccc2)cc1. The highest BCUT2D eigenvalue weighted by molar-refractivity contribution is 5.97. The highest BCUT2D eigenvalue weighted by atomic mass is 16.5. The standard InChI is InChI=1S/C22H25NO4/c1-2-26-22(25)20-10-6-7-15-23(20)21(24)18-13-11-17(12-14-18)16-27-19-8-4-3-5-9-19/h3-5,8-9,11-14,20H,2,6-7,10,15-16H2,1H3. The molecular weight excluding hydrogens is 342 g/mol. The fourth-order valence-electron chi connectivity index (χ4n) is 3.25. The average Bonchev–Trinajstić information content (AvgIpc) is 2.73. The lowest BCUT2D eigenvalue weighted by atomic mass is 10.0. The number of para-hydroxylation sites is 1. The molecule has 0 spiro atoms. The van der Waals surface area contributed by atoms with Gasteiger partial charge in [-0.2, -0.15) is 0 Å². The number of ether oxygens (including phenoxy) is 2. The molecule has 1 saturated heterocycles.